The zero-order valence-electron chi connectivity index (χ0n) is 15.2. The van der Waals surface area contributed by atoms with Gasteiger partial charge in [0.15, 0.2) is 5.11 Å². The van der Waals surface area contributed by atoms with Gasteiger partial charge in [-0.15, -0.1) is 11.8 Å². The number of hydrogen-bond donors (Lipinski definition) is 1. The molecule has 1 aromatic carbocycles. The van der Waals surface area contributed by atoms with Crippen molar-refractivity contribution in [2.75, 3.05) is 44.9 Å². The van der Waals surface area contributed by atoms with Crippen molar-refractivity contribution < 1.29 is 4.74 Å². The van der Waals surface area contributed by atoms with Crippen molar-refractivity contribution in [3.63, 3.8) is 0 Å². The summed E-state index contributed by atoms with van der Waals surface area (Å²) in [6.07, 6.45) is 7.29. The van der Waals surface area contributed by atoms with Crippen molar-refractivity contribution in [3.05, 3.63) is 24.3 Å². The average Bonchev–Trinajstić information content (AvgIpc) is 3.15. The summed E-state index contributed by atoms with van der Waals surface area (Å²) in [6.45, 7) is 4.05. The van der Waals surface area contributed by atoms with Crippen LogP contribution in [0.4, 0.5) is 5.69 Å². The molecule has 138 valence electrons. The quantitative estimate of drug-likeness (QED) is 0.620. The van der Waals surface area contributed by atoms with E-state index in [2.05, 4.69) is 52.7 Å². The molecule has 2 heterocycles. The highest BCUT2D eigenvalue weighted by Crippen LogP contribution is 2.22. The SMILES string of the molecule is CSc1cccc(NC(=S)N2CCC(N(C)C[C@@H]3CCCO3)CC2)c1. The zero-order valence-corrected chi connectivity index (χ0v) is 16.9. The van der Waals surface area contributed by atoms with E-state index in [0.717, 1.165) is 49.9 Å². The number of thiocarbonyl (C=S) groups is 1. The number of thioether (sulfide) groups is 1. The molecule has 0 bridgehead atoms. The van der Waals surface area contributed by atoms with E-state index >= 15 is 0 Å². The Kier molecular flexibility index (Phi) is 6.99. The molecular formula is C19H29N3OS2. The average molecular weight is 380 g/mol. The van der Waals surface area contributed by atoms with Crippen LogP contribution in [0, 0.1) is 0 Å². The number of ether oxygens (including phenoxy) is 1. The van der Waals surface area contributed by atoms with Crippen molar-refractivity contribution in [1.82, 2.24) is 9.80 Å². The predicted octanol–water partition coefficient (Wildman–Crippen LogP) is 3.68. The number of rotatable bonds is 5. The number of anilines is 1. The largest absolute Gasteiger partial charge is 0.377 e. The Morgan fingerprint density at radius 1 is 1.36 bits per heavy atom. The van der Waals surface area contributed by atoms with Gasteiger partial charge in [0.25, 0.3) is 0 Å². The van der Waals surface area contributed by atoms with Gasteiger partial charge in [0.05, 0.1) is 6.10 Å². The van der Waals surface area contributed by atoms with Gasteiger partial charge in [-0.1, -0.05) is 6.07 Å². The molecule has 0 spiro atoms. The van der Waals surface area contributed by atoms with Crippen LogP contribution in [0.25, 0.3) is 0 Å². The van der Waals surface area contributed by atoms with Gasteiger partial charge in [-0.05, 0) is 69.4 Å². The van der Waals surface area contributed by atoms with Crippen LogP contribution in [0.5, 0.6) is 0 Å². The minimum absolute atomic E-state index is 0.439. The lowest BCUT2D eigenvalue weighted by atomic mass is 10.0. The third-order valence-electron chi connectivity index (χ3n) is 5.21. The van der Waals surface area contributed by atoms with Crippen molar-refractivity contribution in [2.24, 2.45) is 0 Å². The second kappa shape index (κ2) is 9.21. The second-order valence-corrected chi connectivity index (χ2v) is 8.22. The number of hydrogen-bond acceptors (Lipinski definition) is 4. The van der Waals surface area contributed by atoms with Gasteiger partial charge in [-0.3, -0.25) is 0 Å². The van der Waals surface area contributed by atoms with Crippen LogP contribution >= 0.6 is 24.0 Å². The molecule has 2 aliphatic rings. The number of benzene rings is 1. The molecular weight excluding hydrogens is 350 g/mol. The minimum Gasteiger partial charge on any atom is -0.377 e. The van der Waals surface area contributed by atoms with Crippen LogP contribution in [0.15, 0.2) is 29.2 Å². The van der Waals surface area contributed by atoms with Crippen molar-refractivity contribution in [2.45, 2.75) is 42.7 Å². The molecule has 4 nitrogen and oxygen atoms in total. The molecule has 0 amide bonds. The van der Waals surface area contributed by atoms with E-state index in [0.29, 0.717) is 12.1 Å². The molecule has 0 radical (unpaired) electrons. The third kappa shape index (κ3) is 5.33. The van der Waals surface area contributed by atoms with E-state index in [-0.39, 0.29) is 0 Å². The highest BCUT2D eigenvalue weighted by Gasteiger charge is 2.26. The first-order chi connectivity index (χ1) is 12.2. The highest BCUT2D eigenvalue weighted by atomic mass is 32.2. The molecule has 0 unspecified atom stereocenters. The zero-order chi connectivity index (χ0) is 17.6. The van der Waals surface area contributed by atoms with E-state index in [1.165, 1.54) is 17.7 Å². The van der Waals surface area contributed by atoms with Gasteiger partial charge in [0, 0.05) is 42.9 Å². The molecule has 6 heteroatoms. The molecule has 1 aromatic rings. The van der Waals surface area contributed by atoms with Crippen molar-refractivity contribution in [1.29, 1.82) is 0 Å². The van der Waals surface area contributed by atoms with Crippen molar-refractivity contribution >= 4 is 34.8 Å². The Bertz CT molecular complexity index is 570. The summed E-state index contributed by atoms with van der Waals surface area (Å²) < 4.78 is 5.77. The third-order valence-corrected chi connectivity index (χ3v) is 6.30. The fourth-order valence-electron chi connectivity index (χ4n) is 3.67. The summed E-state index contributed by atoms with van der Waals surface area (Å²) in [5.41, 5.74) is 1.08. The van der Waals surface area contributed by atoms with Crippen LogP contribution in [0.1, 0.15) is 25.7 Å². The van der Waals surface area contributed by atoms with Gasteiger partial charge in [0.1, 0.15) is 0 Å². The fourth-order valence-corrected chi connectivity index (χ4v) is 4.43. The molecule has 1 N–H and O–H groups in total. The number of nitrogens with one attached hydrogen (secondary N) is 1. The lowest BCUT2D eigenvalue weighted by Gasteiger charge is -2.38. The molecule has 0 aromatic heterocycles. The summed E-state index contributed by atoms with van der Waals surface area (Å²) in [5.74, 6) is 0. The monoisotopic (exact) mass is 379 g/mol. The van der Waals surface area contributed by atoms with Gasteiger partial charge in [-0.25, -0.2) is 0 Å². The first kappa shape index (κ1) is 19.0. The van der Waals surface area contributed by atoms with Gasteiger partial charge < -0.3 is 19.9 Å². The standard InChI is InChI=1S/C19H29N3OS2/c1-21(14-17-6-4-12-23-17)16-8-10-22(11-9-16)19(24)20-15-5-3-7-18(13-15)25-2/h3,5,7,13,16-17H,4,6,8-12,14H2,1-2H3,(H,20,24)/t17-/m0/s1. The number of piperidine rings is 1. The van der Waals surface area contributed by atoms with E-state index in [9.17, 15) is 0 Å². The molecule has 1 atom stereocenters. The van der Waals surface area contributed by atoms with Crippen LogP contribution in [-0.2, 0) is 4.74 Å². The first-order valence-corrected chi connectivity index (χ1v) is 10.8. The van der Waals surface area contributed by atoms with Gasteiger partial charge >= 0.3 is 0 Å². The normalized spacial score (nSPS) is 21.7. The van der Waals surface area contributed by atoms with Gasteiger partial charge in [-0.2, -0.15) is 0 Å². The van der Waals surface area contributed by atoms with Crippen LogP contribution in [0.3, 0.4) is 0 Å². The second-order valence-electron chi connectivity index (χ2n) is 6.95. The molecule has 0 saturated carbocycles. The van der Waals surface area contributed by atoms with Crippen LogP contribution < -0.4 is 5.32 Å². The predicted molar refractivity (Wildman–Crippen MR) is 111 cm³/mol. The maximum atomic E-state index is 5.77. The Labute approximate surface area is 161 Å². The molecule has 2 fully saturated rings. The number of nitrogens with zero attached hydrogens (tertiary/aromatic N) is 2. The summed E-state index contributed by atoms with van der Waals surface area (Å²) in [4.78, 5) is 6.05. The molecule has 2 saturated heterocycles. The maximum Gasteiger partial charge on any atom is 0.173 e. The summed E-state index contributed by atoms with van der Waals surface area (Å²) >= 11 is 7.38. The fraction of sp³-hybridized carbons (Fsp3) is 0.632. The summed E-state index contributed by atoms with van der Waals surface area (Å²) in [6, 6.07) is 9.06. The Morgan fingerprint density at radius 3 is 2.84 bits per heavy atom. The van der Waals surface area contributed by atoms with Crippen LogP contribution in [-0.4, -0.2) is 66.6 Å². The first-order valence-electron chi connectivity index (χ1n) is 9.17. The Morgan fingerprint density at radius 2 is 2.16 bits per heavy atom. The smallest absolute Gasteiger partial charge is 0.173 e. The molecule has 0 aliphatic carbocycles. The summed E-state index contributed by atoms with van der Waals surface area (Å²) in [7, 11) is 2.24. The summed E-state index contributed by atoms with van der Waals surface area (Å²) in [5, 5.41) is 4.25. The van der Waals surface area contributed by atoms with E-state index in [1.807, 2.05) is 0 Å². The maximum absolute atomic E-state index is 5.77. The molecule has 2 aliphatic heterocycles. The van der Waals surface area contributed by atoms with E-state index in [1.54, 1.807) is 11.8 Å². The van der Waals surface area contributed by atoms with E-state index < -0.39 is 0 Å². The molecule has 3 rings (SSSR count). The van der Waals surface area contributed by atoms with E-state index in [4.69, 9.17) is 17.0 Å². The number of likely N-dealkylation sites (N-methyl/N-ethyl adjacent to an activating group) is 1. The topological polar surface area (TPSA) is 27.7 Å². The molecule has 25 heavy (non-hydrogen) atoms. The minimum atomic E-state index is 0.439. The Balaban J connectivity index is 1.45. The number of likely N-dealkylation sites (tertiary alicyclic amines) is 1. The van der Waals surface area contributed by atoms with Crippen LogP contribution in [0.2, 0.25) is 0 Å². The van der Waals surface area contributed by atoms with Crippen molar-refractivity contribution in [3.8, 4) is 0 Å². The lowest BCUT2D eigenvalue weighted by molar-refractivity contribution is 0.0576. The lowest BCUT2D eigenvalue weighted by Crippen LogP contribution is -2.48. The van der Waals surface area contributed by atoms with Gasteiger partial charge in [0.2, 0.25) is 0 Å². The highest BCUT2D eigenvalue weighted by molar-refractivity contribution is 7.98. The Hall–Kier alpha value is -0.820.